The number of anilines is 1. The fraction of sp³-hybridized carbons (Fsp3) is 0.267. The highest BCUT2D eigenvalue weighted by Gasteiger charge is 2.43. The molecule has 1 aliphatic rings. The molecule has 2 N–H and O–H groups in total. The maximum atomic E-state index is 13.7. The lowest BCUT2D eigenvalue weighted by atomic mass is 10.0. The maximum absolute atomic E-state index is 13.7. The molecular formula is C30H28ClF2N3O5. The molecule has 5 rings (SSSR count). The molecule has 4 aromatic rings. The summed E-state index contributed by atoms with van der Waals surface area (Å²) in [5, 5.41) is 13.8. The monoisotopic (exact) mass is 583 g/mol. The van der Waals surface area contributed by atoms with Gasteiger partial charge < -0.3 is 29.4 Å². The number of likely N-dealkylation sites (N-methyl/N-ethyl adjacent to an activating group) is 1. The van der Waals surface area contributed by atoms with Crippen molar-refractivity contribution in [2.45, 2.75) is 38.6 Å². The molecule has 0 fully saturated rings. The number of fused-ring (bicyclic) bond motifs is 2. The standard InChI is InChI=1S/C30H28ClF2N3O5/c1-18-22(21-9-6-10-23(31)28(21)36(18)13-14-37)17-27(38)34-24(15-19-7-4-3-5-8-19)29(39)35(2)20-11-12-25-26(16-20)41-30(32,33)40-25/h3-12,16,24,37H,13-15,17H2,1-2H3,(H,34,38)/t24-/m0/s1. The molecule has 0 bridgehead atoms. The number of aliphatic hydroxyl groups excluding tert-OH is 1. The second kappa shape index (κ2) is 11.4. The zero-order valence-corrected chi connectivity index (χ0v) is 23.1. The maximum Gasteiger partial charge on any atom is 0.586 e. The highest BCUT2D eigenvalue weighted by molar-refractivity contribution is 6.35. The first-order valence-corrected chi connectivity index (χ1v) is 13.3. The highest BCUT2D eigenvalue weighted by atomic mass is 35.5. The molecule has 8 nitrogen and oxygen atoms in total. The summed E-state index contributed by atoms with van der Waals surface area (Å²) in [5.74, 6) is -1.16. The first-order chi connectivity index (χ1) is 19.6. The van der Waals surface area contributed by atoms with E-state index in [-0.39, 0.29) is 36.9 Å². The number of nitrogens with zero attached hydrogens (tertiary/aromatic N) is 2. The summed E-state index contributed by atoms with van der Waals surface area (Å²) in [6, 6.07) is 17.7. The number of nitrogens with one attached hydrogen (secondary N) is 1. The summed E-state index contributed by atoms with van der Waals surface area (Å²) in [4.78, 5) is 28.5. The normalized spacial score (nSPS) is 14.2. The van der Waals surface area contributed by atoms with Crippen molar-refractivity contribution in [3.63, 3.8) is 0 Å². The van der Waals surface area contributed by atoms with Crippen molar-refractivity contribution >= 4 is 40.0 Å². The molecule has 214 valence electrons. The second-order valence-corrected chi connectivity index (χ2v) is 10.2. The van der Waals surface area contributed by atoms with Crippen LogP contribution in [0.5, 0.6) is 11.5 Å². The smallest absolute Gasteiger partial charge is 0.395 e. The summed E-state index contributed by atoms with van der Waals surface area (Å²) in [6.07, 6.45) is -3.60. The predicted molar refractivity (Wildman–Crippen MR) is 151 cm³/mol. The Labute approximate surface area is 240 Å². The molecule has 0 unspecified atom stereocenters. The number of hydrogen-bond donors (Lipinski definition) is 2. The van der Waals surface area contributed by atoms with Gasteiger partial charge in [0.25, 0.3) is 0 Å². The number of hydrogen-bond acceptors (Lipinski definition) is 5. The molecule has 11 heteroatoms. The van der Waals surface area contributed by atoms with Gasteiger partial charge in [-0.1, -0.05) is 54.1 Å². The Balaban J connectivity index is 1.41. The number of aromatic nitrogens is 1. The third kappa shape index (κ3) is 5.84. The van der Waals surface area contributed by atoms with Crippen molar-refractivity contribution in [2.24, 2.45) is 0 Å². The van der Waals surface area contributed by atoms with Gasteiger partial charge in [-0.3, -0.25) is 9.59 Å². The number of halogens is 3. The molecule has 1 aliphatic heterocycles. The number of para-hydroxylation sites is 1. The second-order valence-electron chi connectivity index (χ2n) is 9.76. The van der Waals surface area contributed by atoms with Crippen LogP contribution in [-0.4, -0.2) is 47.5 Å². The van der Waals surface area contributed by atoms with Gasteiger partial charge in [-0.15, -0.1) is 8.78 Å². The highest BCUT2D eigenvalue weighted by Crippen LogP contribution is 2.42. The van der Waals surface area contributed by atoms with Gasteiger partial charge >= 0.3 is 6.29 Å². The van der Waals surface area contributed by atoms with Crippen molar-refractivity contribution in [3.8, 4) is 11.5 Å². The Kier molecular flexibility index (Phi) is 7.88. The summed E-state index contributed by atoms with van der Waals surface area (Å²) < 4.78 is 37.9. The molecule has 0 spiro atoms. The molecule has 0 aliphatic carbocycles. The number of aliphatic hydroxyl groups is 1. The summed E-state index contributed by atoms with van der Waals surface area (Å²) >= 11 is 6.47. The lowest BCUT2D eigenvalue weighted by Gasteiger charge is -2.25. The Morgan fingerprint density at radius 2 is 1.80 bits per heavy atom. The molecule has 0 saturated carbocycles. The average Bonchev–Trinajstić information content (AvgIpc) is 3.40. The molecule has 1 aromatic heterocycles. The third-order valence-corrected chi connectivity index (χ3v) is 7.41. The number of carbonyl (C=O) groups is 2. The van der Waals surface area contributed by atoms with Crippen LogP contribution in [0.3, 0.4) is 0 Å². The van der Waals surface area contributed by atoms with E-state index in [1.54, 1.807) is 12.1 Å². The minimum Gasteiger partial charge on any atom is -0.395 e. The zero-order chi connectivity index (χ0) is 29.3. The third-order valence-electron chi connectivity index (χ3n) is 7.10. The summed E-state index contributed by atoms with van der Waals surface area (Å²) in [5.41, 5.74) is 3.38. The van der Waals surface area contributed by atoms with Crippen LogP contribution in [0.4, 0.5) is 14.5 Å². The van der Waals surface area contributed by atoms with E-state index in [4.69, 9.17) is 11.6 Å². The summed E-state index contributed by atoms with van der Waals surface area (Å²) in [6.45, 7) is 2.08. The number of rotatable bonds is 9. The Hall–Kier alpha value is -4.15. The first-order valence-electron chi connectivity index (χ1n) is 13.0. The molecule has 3 aromatic carbocycles. The number of benzene rings is 3. The van der Waals surface area contributed by atoms with E-state index in [9.17, 15) is 23.5 Å². The van der Waals surface area contributed by atoms with E-state index in [0.717, 1.165) is 27.7 Å². The Morgan fingerprint density at radius 1 is 1.07 bits per heavy atom. The van der Waals surface area contributed by atoms with E-state index in [0.29, 0.717) is 17.3 Å². The molecular weight excluding hydrogens is 556 g/mol. The molecule has 0 radical (unpaired) electrons. The minimum atomic E-state index is -3.78. The first kappa shape index (κ1) is 28.4. The quantitative estimate of drug-likeness (QED) is 0.294. The van der Waals surface area contributed by atoms with E-state index >= 15 is 0 Å². The van der Waals surface area contributed by atoms with Crippen LogP contribution < -0.4 is 19.7 Å². The predicted octanol–water partition coefficient (Wildman–Crippen LogP) is 4.85. The molecule has 0 saturated heterocycles. The zero-order valence-electron chi connectivity index (χ0n) is 22.4. The van der Waals surface area contributed by atoms with Crippen LogP contribution >= 0.6 is 11.6 Å². The number of ether oxygens (including phenoxy) is 2. The van der Waals surface area contributed by atoms with Gasteiger partial charge in [-0.2, -0.15) is 0 Å². The number of carbonyl (C=O) groups excluding carboxylic acids is 2. The topological polar surface area (TPSA) is 93.0 Å². The summed E-state index contributed by atoms with van der Waals surface area (Å²) in [7, 11) is 1.50. The minimum absolute atomic E-state index is 0.0253. The average molecular weight is 584 g/mol. The fourth-order valence-electron chi connectivity index (χ4n) is 5.12. The fourth-order valence-corrected chi connectivity index (χ4v) is 5.40. The Morgan fingerprint density at radius 3 is 2.54 bits per heavy atom. The van der Waals surface area contributed by atoms with E-state index in [2.05, 4.69) is 14.8 Å². The lowest BCUT2D eigenvalue weighted by Crippen LogP contribution is -2.49. The lowest BCUT2D eigenvalue weighted by molar-refractivity contribution is -0.286. The van der Waals surface area contributed by atoms with Crippen LogP contribution in [0.1, 0.15) is 16.8 Å². The molecule has 1 atom stereocenters. The molecule has 2 amide bonds. The van der Waals surface area contributed by atoms with Gasteiger partial charge in [0.2, 0.25) is 11.8 Å². The SMILES string of the molecule is Cc1c(CC(=O)N[C@@H](Cc2ccccc2)C(=O)N(C)c2ccc3c(c2)OC(F)(F)O3)c2cccc(Cl)c2n1CCO. The van der Waals surface area contributed by atoms with Crippen molar-refractivity contribution in [1.29, 1.82) is 0 Å². The van der Waals surface area contributed by atoms with Gasteiger partial charge in [0, 0.05) is 42.8 Å². The number of alkyl halides is 2. The van der Waals surface area contributed by atoms with E-state index in [1.165, 1.54) is 30.1 Å². The van der Waals surface area contributed by atoms with Crippen LogP contribution in [-0.2, 0) is 29.0 Å². The van der Waals surface area contributed by atoms with Gasteiger partial charge in [0.1, 0.15) is 6.04 Å². The van der Waals surface area contributed by atoms with E-state index in [1.807, 2.05) is 47.9 Å². The van der Waals surface area contributed by atoms with Crippen LogP contribution in [0.2, 0.25) is 5.02 Å². The van der Waals surface area contributed by atoms with Crippen molar-refractivity contribution in [2.75, 3.05) is 18.6 Å². The van der Waals surface area contributed by atoms with E-state index < -0.39 is 18.2 Å². The van der Waals surface area contributed by atoms with Crippen molar-refractivity contribution in [3.05, 3.63) is 88.6 Å². The van der Waals surface area contributed by atoms with Crippen molar-refractivity contribution in [1.82, 2.24) is 9.88 Å². The van der Waals surface area contributed by atoms with Crippen LogP contribution in [0.25, 0.3) is 10.9 Å². The van der Waals surface area contributed by atoms with Gasteiger partial charge in [-0.25, -0.2) is 0 Å². The van der Waals surface area contributed by atoms with Crippen LogP contribution in [0, 0.1) is 6.92 Å². The largest absolute Gasteiger partial charge is 0.586 e. The van der Waals surface area contributed by atoms with Gasteiger partial charge in [0.15, 0.2) is 11.5 Å². The van der Waals surface area contributed by atoms with Gasteiger partial charge in [-0.05, 0) is 36.2 Å². The molecule has 41 heavy (non-hydrogen) atoms. The Bertz CT molecular complexity index is 1610. The van der Waals surface area contributed by atoms with Crippen molar-refractivity contribution < 1.29 is 33.0 Å². The number of amides is 2. The molecule has 2 heterocycles. The van der Waals surface area contributed by atoms with Crippen LogP contribution in [0.15, 0.2) is 66.7 Å². The van der Waals surface area contributed by atoms with Gasteiger partial charge in [0.05, 0.1) is 23.6 Å².